The fraction of sp³-hybridized carbons (Fsp3) is 0.278. The van der Waals surface area contributed by atoms with Crippen molar-refractivity contribution in [3.05, 3.63) is 60.2 Å². The van der Waals surface area contributed by atoms with E-state index in [4.69, 9.17) is 0 Å². The van der Waals surface area contributed by atoms with Crippen molar-refractivity contribution < 1.29 is 14.0 Å². The lowest BCUT2D eigenvalue weighted by Gasteiger charge is -2.08. The molecule has 6 nitrogen and oxygen atoms in total. The Kier molecular flexibility index (Phi) is 7.37. The minimum atomic E-state index is -0.394. The minimum Gasteiger partial charge on any atom is -0.384 e. The molecule has 0 aliphatic heterocycles. The van der Waals surface area contributed by atoms with Gasteiger partial charge in [0.05, 0.1) is 5.69 Å². The Hall–Kier alpha value is -2.96. The van der Waals surface area contributed by atoms with Crippen LogP contribution in [0.1, 0.15) is 23.2 Å². The fourth-order valence-electron chi connectivity index (χ4n) is 2.10. The van der Waals surface area contributed by atoms with Crippen LogP contribution >= 0.6 is 0 Å². The van der Waals surface area contributed by atoms with Gasteiger partial charge in [-0.1, -0.05) is 0 Å². The summed E-state index contributed by atoms with van der Waals surface area (Å²) in [5.41, 5.74) is 1.31. The highest BCUT2D eigenvalue weighted by atomic mass is 19.1. The second-order valence-corrected chi connectivity index (χ2v) is 5.38. The SMILES string of the molecule is O=C(CCNC(=O)c1ccc(F)cc1)NCCCNc1cccnc1. The summed E-state index contributed by atoms with van der Waals surface area (Å²) in [6, 6.07) is 9.03. The molecule has 2 rings (SSSR count). The Labute approximate surface area is 145 Å². The van der Waals surface area contributed by atoms with E-state index in [9.17, 15) is 14.0 Å². The summed E-state index contributed by atoms with van der Waals surface area (Å²) in [5, 5.41) is 8.63. The van der Waals surface area contributed by atoms with Gasteiger partial charge in [0.25, 0.3) is 5.91 Å². The first kappa shape index (κ1) is 18.4. The van der Waals surface area contributed by atoms with Crippen molar-refractivity contribution in [3.8, 4) is 0 Å². The average Bonchev–Trinajstić information content (AvgIpc) is 2.63. The van der Waals surface area contributed by atoms with E-state index < -0.39 is 5.82 Å². The number of pyridine rings is 1. The number of rotatable bonds is 9. The fourth-order valence-corrected chi connectivity index (χ4v) is 2.10. The molecule has 0 saturated carbocycles. The van der Waals surface area contributed by atoms with E-state index in [0.29, 0.717) is 12.1 Å². The molecule has 0 fully saturated rings. The van der Waals surface area contributed by atoms with Crippen molar-refractivity contribution in [2.75, 3.05) is 25.0 Å². The molecule has 0 saturated heterocycles. The van der Waals surface area contributed by atoms with Crippen molar-refractivity contribution in [2.24, 2.45) is 0 Å². The molecule has 0 aliphatic rings. The maximum absolute atomic E-state index is 12.8. The molecular weight excluding hydrogens is 323 g/mol. The van der Waals surface area contributed by atoms with Crippen molar-refractivity contribution in [1.29, 1.82) is 0 Å². The second kappa shape index (κ2) is 10.0. The van der Waals surface area contributed by atoms with Crippen molar-refractivity contribution in [1.82, 2.24) is 15.6 Å². The van der Waals surface area contributed by atoms with Crippen LogP contribution in [-0.4, -0.2) is 36.4 Å². The molecule has 7 heteroatoms. The van der Waals surface area contributed by atoms with E-state index in [1.54, 1.807) is 12.4 Å². The molecule has 0 bridgehead atoms. The van der Waals surface area contributed by atoms with Crippen LogP contribution in [0.3, 0.4) is 0 Å². The van der Waals surface area contributed by atoms with E-state index >= 15 is 0 Å². The summed E-state index contributed by atoms with van der Waals surface area (Å²) in [7, 11) is 0. The zero-order valence-electron chi connectivity index (χ0n) is 13.8. The third-order valence-corrected chi connectivity index (χ3v) is 3.41. The number of hydrogen-bond acceptors (Lipinski definition) is 4. The number of halogens is 1. The van der Waals surface area contributed by atoms with Crippen LogP contribution in [0.15, 0.2) is 48.8 Å². The van der Waals surface area contributed by atoms with Crippen molar-refractivity contribution in [3.63, 3.8) is 0 Å². The Bertz CT molecular complexity index is 677. The Morgan fingerprint density at radius 2 is 1.80 bits per heavy atom. The predicted octanol–water partition coefficient (Wildman–Crippen LogP) is 1.96. The van der Waals surface area contributed by atoms with Gasteiger partial charge in [-0.25, -0.2) is 4.39 Å². The van der Waals surface area contributed by atoms with Gasteiger partial charge in [0.15, 0.2) is 0 Å². The Morgan fingerprint density at radius 1 is 1.00 bits per heavy atom. The highest BCUT2D eigenvalue weighted by Gasteiger charge is 2.06. The number of anilines is 1. The Morgan fingerprint density at radius 3 is 2.52 bits per heavy atom. The molecule has 25 heavy (non-hydrogen) atoms. The summed E-state index contributed by atoms with van der Waals surface area (Å²) in [5.74, 6) is -0.844. The van der Waals surface area contributed by atoms with Gasteiger partial charge in [-0.2, -0.15) is 0 Å². The molecule has 0 aliphatic carbocycles. The number of carbonyl (C=O) groups excluding carboxylic acids is 2. The van der Waals surface area contributed by atoms with Gasteiger partial charge in [0.2, 0.25) is 5.91 Å². The smallest absolute Gasteiger partial charge is 0.251 e. The summed E-state index contributed by atoms with van der Waals surface area (Å²) in [4.78, 5) is 27.5. The zero-order chi connectivity index (χ0) is 17.9. The van der Waals surface area contributed by atoms with Gasteiger partial charge >= 0.3 is 0 Å². The molecule has 3 N–H and O–H groups in total. The number of hydrogen-bond donors (Lipinski definition) is 3. The van der Waals surface area contributed by atoms with Crippen LogP contribution in [0.5, 0.6) is 0 Å². The normalized spacial score (nSPS) is 10.1. The van der Waals surface area contributed by atoms with E-state index in [1.165, 1.54) is 24.3 Å². The summed E-state index contributed by atoms with van der Waals surface area (Å²) >= 11 is 0. The third kappa shape index (κ3) is 6.99. The van der Waals surface area contributed by atoms with Crippen LogP contribution in [0.25, 0.3) is 0 Å². The van der Waals surface area contributed by atoms with Crippen LogP contribution in [-0.2, 0) is 4.79 Å². The first-order valence-corrected chi connectivity index (χ1v) is 8.09. The van der Waals surface area contributed by atoms with Crippen LogP contribution in [0, 0.1) is 5.82 Å². The molecule has 0 unspecified atom stereocenters. The molecular formula is C18H21FN4O2. The van der Waals surface area contributed by atoms with Crippen LogP contribution in [0.4, 0.5) is 10.1 Å². The highest BCUT2D eigenvalue weighted by Crippen LogP contribution is 2.03. The third-order valence-electron chi connectivity index (χ3n) is 3.41. The number of benzene rings is 1. The molecule has 2 amide bonds. The molecule has 132 valence electrons. The quantitative estimate of drug-likeness (QED) is 0.607. The average molecular weight is 344 g/mol. The number of aromatic nitrogens is 1. The monoisotopic (exact) mass is 344 g/mol. The first-order chi connectivity index (χ1) is 12.1. The number of carbonyl (C=O) groups is 2. The predicted molar refractivity (Wildman–Crippen MR) is 93.7 cm³/mol. The van der Waals surface area contributed by atoms with E-state index in [0.717, 1.165) is 18.7 Å². The first-order valence-electron chi connectivity index (χ1n) is 8.09. The molecule has 0 spiro atoms. The number of nitrogens with one attached hydrogen (secondary N) is 3. The largest absolute Gasteiger partial charge is 0.384 e. The molecule has 0 atom stereocenters. The summed E-state index contributed by atoms with van der Waals surface area (Å²) in [6.07, 6.45) is 4.42. The second-order valence-electron chi connectivity index (χ2n) is 5.38. The molecule has 2 aromatic rings. The molecule has 0 radical (unpaired) electrons. The zero-order valence-corrected chi connectivity index (χ0v) is 13.8. The lowest BCUT2D eigenvalue weighted by molar-refractivity contribution is -0.120. The van der Waals surface area contributed by atoms with Crippen molar-refractivity contribution >= 4 is 17.5 Å². The maximum atomic E-state index is 12.8. The topological polar surface area (TPSA) is 83.1 Å². The highest BCUT2D eigenvalue weighted by molar-refractivity contribution is 5.94. The number of nitrogens with zero attached hydrogens (tertiary/aromatic N) is 1. The molecule has 1 aromatic heterocycles. The minimum absolute atomic E-state index is 0.124. The standard InChI is InChI=1S/C18H21FN4O2/c19-15-6-4-14(5-7-15)18(25)23-12-8-17(24)22-11-2-10-21-16-3-1-9-20-13-16/h1,3-7,9,13,21H,2,8,10-12H2,(H,22,24)(H,23,25). The van der Waals surface area contributed by atoms with E-state index in [1.807, 2.05) is 12.1 Å². The Balaban J connectivity index is 1.53. The van der Waals surface area contributed by atoms with E-state index in [-0.39, 0.29) is 24.8 Å². The van der Waals surface area contributed by atoms with Gasteiger partial charge in [-0.15, -0.1) is 0 Å². The van der Waals surface area contributed by atoms with Gasteiger partial charge in [0.1, 0.15) is 5.82 Å². The van der Waals surface area contributed by atoms with E-state index in [2.05, 4.69) is 20.9 Å². The lowest BCUT2D eigenvalue weighted by atomic mass is 10.2. The lowest BCUT2D eigenvalue weighted by Crippen LogP contribution is -2.31. The summed E-state index contributed by atoms with van der Waals surface area (Å²) < 4.78 is 12.8. The van der Waals surface area contributed by atoms with Gasteiger partial charge in [-0.3, -0.25) is 14.6 Å². The van der Waals surface area contributed by atoms with Crippen LogP contribution in [0.2, 0.25) is 0 Å². The van der Waals surface area contributed by atoms with Gasteiger partial charge in [0, 0.05) is 44.0 Å². The molecule has 1 heterocycles. The van der Waals surface area contributed by atoms with Gasteiger partial charge < -0.3 is 16.0 Å². The summed E-state index contributed by atoms with van der Waals surface area (Å²) in [6.45, 7) is 1.52. The number of amides is 2. The molecule has 1 aromatic carbocycles. The van der Waals surface area contributed by atoms with Crippen molar-refractivity contribution in [2.45, 2.75) is 12.8 Å². The van der Waals surface area contributed by atoms with Crippen LogP contribution < -0.4 is 16.0 Å². The van der Waals surface area contributed by atoms with Gasteiger partial charge in [-0.05, 0) is 42.8 Å². The maximum Gasteiger partial charge on any atom is 0.251 e.